The highest BCUT2D eigenvalue weighted by Crippen LogP contribution is 2.18. The minimum atomic E-state index is -0.869. The number of nitrogens with one attached hydrogen (secondary N) is 2. The first kappa shape index (κ1) is 17.5. The van der Waals surface area contributed by atoms with E-state index in [1.165, 1.54) is 18.6 Å². The van der Waals surface area contributed by atoms with Crippen LogP contribution in [0.4, 0.5) is 5.69 Å². The van der Waals surface area contributed by atoms with Gasteiger partial charge in [-0.3, -0.25) is 35.5 Å². The zero-order valence-electron chi connectivity index (χ0n) is 12.8. The second-order valence-corrected chi connectivity index (χ2v) is 4.52. The second-order valence-electron chi connectivity index (χ2n) is 4.52. The van der Waals surface area contributed by atoms with E-state index in [1.807, 2.05) is 0 Å². The highest BCUT2D eigenvalue weighted by Gasteiger charge is 2.19. The number of carbonyl (C=O) groups excluding carboxylic acids is 3. The number of hydrogen-bond acceptors (Lipinski definition) is 8. The molecule has 1 aromatic carbocycles. The number of hydrogen-bond donors (Lipinski definition) is 2. The van der Waals surface area contributed by atoms with Crippen molar-refractivity contribution in [1.29, 1.82) is 0 Å². The molecule has 2 aromatic rings. The molecule has 0 bridgehead atoms. The summed E-state index contributed by atoms with van der Waals surface area (Å²) in [5.41, 5.74) is 3.23. The maximum Gasteiger partial charge on any atom is 0.338 e. The van der Waals surface area contributed by atoms with Crippen molar-refractivity contribution in [3.05, 3.63) is 63.7 Å². The molecule has 1 heterocycles. The van der Waals surface area contributed by atoms with Gasteiger partial charge in [0.05, 0.1) is 23.8 Å². The summed E-state index contributed by atoms with van der Waals surface area (Å²) in [5, 5.41) is 10.9. The van der Waals surface area contributed by atoms with Crippen LogP contribution in [0.2, 0.25) is 0 Å². The molecule has 2 amide bonds. The third-order valence-electron chi connectivity index (χ3n) is 2.90. The summed E-state index contributed by atoms with van der Waals surface area (Å²) in [5.74, 6) is -2.45. The van der Waals surface area contributed by atoms with Crippen LogP contribution in [0.3, 0.4) is 0 Å². The fourth-order valence-corrected chi connectivity index (χ4v) is 1.75. The largest absolute Gasteiger partial charge is 0.465 e. The van der Waals surface area contributed by atoms with Crippen molar-refractivity contribution in [2.45, 2.75) is 0 Å². The molecule has 0 fully saturated rings. The van der Waals surface area contributed by atoms with Crippen LogP contribution in [-0.2, 0) is 4.74 Å². The molecule has 11 heteroatoms. The second kappa shape index (κ2) is 7.59. The lowest BCUT2D eigenvalue weighted by Gasteiger charge is -2.08. The van der Waals surface area contributed by atoms with E-state index in [-0.39, 0.29) is 16.8 Å². The first-order chi connectivity index (χ1) is 11.9. The zero-order chi connectivity index (χ0) is 18.4. The summed E-state index contributed by atoms with van der Waals surface area (Å²) < 4.78 is 4.48. The number of rotatable bonds is 4. The molecular formula is C14H11N5O6. The first-order valence-corrected chi connectivity index (χ1v) is 6.67. The molecule has 0 spiro atoms. The molecule has 0 saturated carbocycles. The van der Waals surface area contributed by atoms with Crippen molar-refractivity contribution in [2.75, 3.05) is 7.11 Å². The maximum atomic E-state index is 12.1. The van der Waals surface area contributed by atoms with E-state index >= 15 is 0 Å². The molecule has 0 atom stereocenters. The lowest BCUT2D eigenvalue weighted by atomic mass is 10.1. The lowest BCUT2D eigenvalue weighted by Crippen LogP contribution is -2.42. The summed E-state index contributed by atoms with van der Waals surface area (Å²) in [6.45, 7) is 0. The summed E-state index contributed by atoms with van der Waals surface area (Å²) in [4.78, 5) is 53.0. The van der Waals surface area contributed by atoms with E-state index in [0.717, 1.165) is 25.3 Å². The van der Waals surface area contributed by atoms with E-state index in [1.54, 1.807) is 0 Å². The highest BCUT2D eigenvalue weighted by molar-refractivity contribution is 6.00. The van der Waals surface area contributed by atoms with Crippen molar-refractivity contribution >= 4 is 23.5 Å². The Kier molecular flexibility index (Phi) is 5.30. The van der Waals surface area contributed by atoms with Crippen LogP contribution in [0.1, 0.15) is 31.2 Å². The van der Waals surface area contributed by atoms with Crippen LogP contribution >= 0.6 is 0 Å². The number of nitro benzene ring substituents is 1. The van der Waals surface area contributed by atoms with Crippen LogP contribution in [0.15, 0.2) is 36.8 Å². The van der Waals surface area contributed by atoms with Gasteiger partial charge in [0.1, 0.15) is 5.69 Å². The number of hydrazine groups is 1. The van der Waals surface area contributed by atoms with Gasteiger partial charge in [0, 0.05) is 30.1 Å². The summed E-state index contributed by atoms with van der Waals surface area (Å²) in [6, 6.07) is 3.03. The smallest absolute Gasteiger partial charge is 0.338 e. The lowest BCUT2D eigenvalue weighted by molar-refractivity contribution is -0.384. The third kappa shape index (κ3) is 4.31. The number of benzene rings is 1. The SMILES string of the molecule is COC(=O)c1cc(C(=O)NNC(=O)c2cnccn2)cc([N+](=O)[O-])c1. The molecule has 0 aliphatic rings. The van der Waals surface area contributed by atoms with Crippen LogP contribution in [0, 0.1) is 10.1 Å². The van der Waals surface area contributed by atoms with E-state index in [2.05, 4.69) is 25.6 Å². The average molecular weight is 345 g/mol. The van der Waals surface area contributed by atoms with Gasteiger partial charge in [0.25, 0.3) is 17.5 Å². The van der Waals surface area contributed by atoms with Crippen molar-refractivity contribution < 1.29 is 24.0 Å². The molecule has 1 aromatic heterocycles. The quantitative estimate of drug-likeness (QED) is 0.454. The Morgan fingerprint density at radius 3 is 2.36 bits per heavy atom. The molecule has 0 radical (unpaired) electrons. The van der Waals surface area contributed by atoms with Crippen molar-refractivity contribution in [2.24, 2.45) is 0 Å². The Hall–Kier alpha value is -3.89. The van der Waals surface area contributed by atoms with Gasteiger partial charge in [-0.15, -0.1) is 0 Å². The molecule has 11 nitrogen and oxygen atoms in total. The van der Waals surface area contributed by atoms with E-state index in [0.29, 0.717) is 0 Å². The number of nitro groups is 1. The van der Waals surface area contributed by atoms with Crippen molar-refractivity contribution in [3.63, 3.8) is 0 Å². The van der Waals surface area contributed by atoms with Gasteiger partial charge in [-0.25, -0.2) is 9.78 Å². The molecule has 2 rings (SSSR count). The van der Waals surface area contributed by atoms with Crippen LogP contribution in [0.5, 0.6) is 0 Å². The van der Waals surface area contributed by atoms with Crippen molar-refractivity contribution in [1.82, 2.24) is 20.8 Å². The molecule has 25 heavy (non-hydrogen) atoms. The van der Waals surface area contributed by atoms with Gasteiger partial charge < -0.3 is 4.74 Å². The van der Waals surface area contributed by atoms with Gasteiger partial charge in [-0.2, -0.15) is 0 Å². The van der Waals surface area contributed by atoms with E-state index < -0.39 is 28.4 Å². The normalized spacial score (nSPS) is 9.80. The molecule has 0 unspecified atom stereocenters. The first-order valence-electron chi connectivity index (χ1n) is 6.67. The fourth-order valence-electron chi connectivity index (χ4n) is 1.75. The molecule has 0 saturated heterocycles. The van der Waals surface area contributed by atoms with Gasteiger partial charge in [0.15, 0.2) is 0 Å². The standard InChI is InChI=1S/C14H11N5O6/c1-25-14(22)9-4-8(5-10(6-9)19(23)24)12(20)17-18-13(21)11-7-15-2-3-16-11/h2-7H,1H3,(H,17,20)(H,18,21). The Morgan fingerprint density at radius 1 is 1.08 bits per heavy atom. The van der Waals surface area contributed by atoms with Gasteiger partial charge in [0.2, 0.25) is 0 Å². The average Bonchev–Trinajstić information content (AvgIpc) is 2.65. The highest BCUT2D eigenvalue weighted by atomic mass is 16.6. The number of aromatic nitrogens is 2. The summed E-state index contributed by atoms with van der Waals surface area (Å²) in [6.07, 6.45) is 3.84. The minimum Gasteiger partial charge on any atom is -0.465 e. The van der Waals surface area contributed by atoms with Gasteiger partial charge in [-0.05, 0) is 6.07 Å². The van der Waals surface area contributed by atoms with Crippen LogP contribution < -0.4 is 10.9 Å². The van der Waals surface area contributed by atoms with Crippen molar-refractivity contribution in [3.8, 4) is 0 Å². The van der Waals surface area contributed by atoms with Gasteiger partial charge in [-0.1, -0.05) is 0 Å². The van der Waals surface area contributed by atoms with Crippen LogP contribution in [-0.4, -0.2) is 39.8 Å². The summed E-state index contributed by atoms with van der Waals surface area (Å²) in [7, 11) is 1.10. The number of carbonyl (C=O) groups is 3. The molecular weight excluding hydrogens is 334 g/mol. The molecule has 0 aliphatic carbocycles. The summed E-state index contributed by atoms with van der Waals surface area (Å²) >= 11 is 0. The number of methoxy groups -OCH3 is 1. The topological polar surface area (TPSA) is 153 Å². The van der Waals surface area contributed by atoms with E-state index in [9.17, 15) is 24.5 Å². The Morgan fingerprint density at radius 2 is 1.76 bits per heavy atom. The predicted octanol–water partition coefficient (Wildman–Crippen LogP) is 0.246. The zero-order valence-corrected chi connectivity index (χ0v) is 12.8. The fraction of sp³-hybridized carbons (Fsp3) is 0.0714. The molecule has 128 valence electrons. The minimum absolute atomic E-state index is 0.0444. The Labute approximate surface area is 140 Å². The molecule has 2 N–H and O–H groups in total. The Balaban J connectivity index is 2.18. The van der Waals surface area contributed by atoms with Gasteiger partial charge >= 0.3 is 5.97 Å². The van der Waals surface area contributed by atoms with Crippen LogP contribution in [0.25, 0.3) is 0 Å². The number of ether oxygens (including phenoxy) is 1. The number of non-ortho nitro benzene ring substituents is 1. The molecule has 0 aliphatic heterocycles. The predicted molar refractivity (Wildman–Crippen MR) is 81.4 cm³/mol. The number of esters is 1. The number of nitrogens with zero attached hydrogens (tertiary/aromatic N) is 3. The Bertz CT molecular complexity index is 839. The third-order valence-corrected chi connectivity index (χ3v) is 2.90. The van der Waals surface area contributed by atoms with E-state index in [4.69, 9.17) is 0 Å². The number of amides is 2. The monoisotopic (exact) mass is 345 g/mol. The maximum absolute atomic E-state index is 12.1.